The summed E-state index contributed by atoms with van der Waals surface area (Å²) in [6, 6.07) is 0. The van der Waals surface area contributed by atoms with Gasteiger partial charge in [0.25, 0.3) is 0 Å². The molecule has 0 radical (unpaired) electrons. The highest BCUT2D eigenvalue weighted by Gasteiger charge is 2.16. The van der Waals surface area contributed by atoms with Gasteiger partial charge in [-0.2, -0.15) is 0 Å². The van der Waals surface area contributed by atoms with Crippen molar-refractivity contribution in [2.75, 3.05) is 24.6 Å². The molecule has 6 heteroatoms. The molecule has 0 aliphatic carbocycles. The van der Waals surface area contributed by atoms with Crippen LogP contribution in [0.25, 0.3) is 0 Å². The van der Waals surface area contributed by atoms with Crippen molar-refractivity contribution in [3.63, 3.8) is 0 Å². The molecule has 1 N–H and O–H groups in total. The van der Waals surface area contributed by atoms with Gasteiger partial charge >= 0.3 is 5.97 Å². The van der Waals surface area contributed by atoms with Gasteiger partial charge in [0.2, 0.25) is 5.88 Å². The monoisotopic (exact) mass is 253 g/mol. The van der Waals surface area contributed by atoms with E-state index in [0.29, 0.717) is 24.8 Å². The van der Waals surface area contributed by atoms with Crippen molar-refractivity contribution in [2.45, 2.75) is 27.2 Å². The van der Waals surface area contributed by atoms with Crippen molar-refractivity contribution in [1.29, 1.82) is 0 Å². The zero-order chi connectivity index (χ0) is 13.5. The molecule has 0 aliphatic heterocycles. The first-order valence-corrected chi connectivity index (χ1v) is 6.01. The molecule has 18 heavy (non-hydrogen) atoms. The Balaban J connectivity index is 3.03. The van der Waals surface area contributed by atoms with Crippen molar-refractivity contribution >= 4 is 11.8 Å². The number of carboxylic acids is 1. The molecule has 1 aromatic rings. The van der Waals surface area contributed by atoms with Gasteiger partial charge < -0.3 is 14.7 Å². The lowest BCUT2D eigenvalue weighted by Crippen LogP contribution is -2.31. The minimum absolute atomic E-state index is 0.0722. The van der Waals surface area contributed by atoms with Gasteiger partial charge in [-0.1, -0.05) is 6.92 Å². The van der Waals surface area contributed by atoms with Crippen LogP contribution >= 0.6 is 0 Å². The van der Waals surface area contributed by atoms with Gasteiger partial charge in [-0.15, -0.1) is 0 Å². The average Bonchev–Trinajstić information content (AvgIpc) is 2.31. The van der Waals surface area contributed by atoms with E-state index >= 15 is 0 Å². The van der Waals surface area contributed by atoms with E-state index in [1.807, 2.05) is 20.8 Å². The van der Waals surface area contributed by atoms with Gasteiger partial charge in [-0.25, -0.2) is 9.97 Å². The molecule has 100 valence electrons. The van der Waals surface area contributed by atoms with E-state index in [0.717, 1.165) is 12.0 Å². The smallest absolute Gasteiger partial charge is 0.323 e. The van der Waals surface area contributed by atoms with E-state index in [1.54, 1.807) is 4.90 Å². The van der Waals surface area contributed by atoms with Crippen LogP contribution in [-0.2, 0) is 4.79 Å². The van der Waals surface area contributed by atoms with Crippen LogP contribution in [0.15, 0.2) is 6.33 Å². The SMILES string of the molecule is CCCN(CC(=O)O)c1ncnc(OCC)c1C. The number of aliphatic carboxylic acids is 1. The summed E-state index contributed by atoms with van der Waals surface area (Å²) in [4.78, 5) is 20.8. The number of carbonyl (C=O) groups is 1. The summed E-state index contributed by atoms with van der Waals surface area (Å²) in [6.45, 7) is 6.79. The zero-order valence-corrected chi connectivity index (χ0v) is 11.0. The molecular weight excluding hydrogens is 234 g/mol. The van der Waals surface area contributed by atoms with Crippen molar-refractivity contribution in [1.82, 2.24) is 9.97 Å². The van der Waals surface area contributed by atoms with E-state index in [9.17, 15) is 4.79 Å². The molecule has 1 heterocycles. The highest BCUT2D eigenvalue weighted by atomic mass is 16.5. The summed E-state index contributed by atoms with van der Waals surface area (Å²) in [5.41, 5.74) is 0.772. The second kappa shape index (κ2) is 6.78. The Hall–Kier alpha value is -1.85. The Morgan fingerprint density at radius 1 is 1.44 bits per heavy atom. The first-order chi connectivity index (χ1) is 8.60. The molecule has 0 unspecified atom stereocenters. The van der Waals surface area contributed by atoms with Gasteiger partial charge in [-0.05, 0) is 20.3 Å². The van der Waals surface area contributed by atoms with E-state index in [4.69, 9.17) is 9.84 Å². The Morgan fingerprint density at radius 3 is 2.72 bits per heavy atom. The zero-order valence-electron chi connectivity index (χ0n) is 11.0. The van der Waals surface area contributed by atoms with Crippen LogP contribution in [0, 0.1) is 6.92 Å². The number of ether oxygens (including phenoxy) is 1. The van der Waals surface area contributed by atoms with Crippen LogP contribution in [0.2, 0.25) is 0 Å². The molecule has 0 saturated carbocycles. The highest BCUT2D eigenvalue weighted by molar-refractivity contribution is 5.73. The van der Waals surface area contributed by atoms with Crippen LogP contribution in [0.4, 0.5) is 5.82 Å². The van der Waals surface area contributed by atoms with E-state index in [-0.39, 0.29) is 6.54 Å². The van der Waals surface area contributed by atoms with E-state index in [2.05, 4.69) is 9.97 Å². The summed E-state index contributed by atoms with van der Waals surface area (Å²) in [5, 5.41) is 8.92. The summed E-state index contributed by atoms with van der Waals surface area (Å²) in [7, 11) is 0. The first-order valence-electron chi connectivity index (χ1n) is 6.01. The fourth-order valence-electron chi connectivity index (χ4n) is 1.72. The fraction of sp³-hybridized carbons (Fsp3) is 0.583. The van der Waals surface area contributed by atoms with E-state index in [1.165, 1.54) is 6.33 Å². The molecular formula is C12H19N3O3. The summed E-state index contributed by atoms with van der Waals surface area (Å²) in [6.07, 6.45) is 2.25. The van der Waals surface area contributed by atoms with Crippen molar-refractivity contribution < 1.29 is 14.6 Å². The van der Waals surface area contributed by atoms with Crippen LogP contribution in [0.5, 0.6) is 5.88 Å². The maximum atomic E-state index is 10.9. The predicted octanol–water partition coefficient (Wildman–Crippen LogP) is 1.48. The number of carboxylic acid groups (broad SMARTS) is 1. The van der Waals surface area contributed by atoms with Crippen LogP contribution < -0.4 is 9.64 Å². The third-order valence-corrected chi connectivity index (χ3v) is 2.41. The third-order valence-electron chi connectivity index (χ3n) is 2.41. The normalized spacial score (nSPS) is 10.2. The lowest BCUT2D eigenvalue weighted by atomic mass is 10.3. The lowest BCUT2D eigenvalue weighted by Gasteiger charge is -2.23. The summed E-state index contributed by atoms with van der Waals surface area (Å²) in [5.74, 6) is 0.256. The molecule has 1 aromatic heterocycles. The predicted molar refractivity (Wildman–Crippen MR) is 68.1 cm³/mol. The molecule has 6 nitrogen and oxygen atoms in total. The maximum Gasteiger partial charge on any atom is 0.323 e. The molecule has 0 bridgehead atoms. The average molecular weight is 253 g/mol. The molecule has 0 aromatic carbocycles. The second-order valence-corrected chi connectivity index (χ2v) is 3.88. The minimum Gasteiger partial charge on any atom is -0.480 e. The van der Waals surface area contributed by atoms with Gasteiger partial charge in [0, 0.05) is 6.54 Å². The molecule has 1 rings (SSSR count). The molecule has 0 amide bonds. The number of anilines is 1. The van der Waals surface area contributed by atoms with E-state index < -0.39 is 5.97 Å². The molecule has 0 aliphatic rings. The van der Waals surface area contributed by atoms with Gasteiger partial charge in [0.15, 0.2) is 0 Å². The Kier molecular flexibility index (Phi) is 5.35. The number of aromatic nitrogens is 2. The molecule has 0 fully saturated rings. The maximum absolute atomic E-state index is 10.9. The van der Waals surface area contributed by atoms with Gasteiger partial charge in [-0.3, -0.25) is 4.79 Å². The minimum atomic E-state index is -0.876. The van der Waals surface area contributed by atoms with Crippen molar-refractivity contribution in [3.05, 3.63) is 11.9 Å². The molecule has 0 spiro atoms. The Bertz CT molecular complexity index is 410. The number of hydrogen-bond donors (Lipinski definition) is 1. The highest BCUT2D eigenvalue weighted by Crippen LogP contribution is 2.23. The van der Waals surface area contributed by atoms with Gasteiger partial charge in [0.05, 0.1) is 12.2 Å². The van der Waals surface area contributed by atoms with Crippen LogP contribution in [-0.4, -0.2) is 40.7 Å². The lowest BCUT2D eigenvalue weighted by molar-refractivity contribution is -0.135. The largest absolute Gasteiger partial charge is 0.480 e. The fourth-order valence-corrected chi connectivity index (χ4v) is 1.72. The van der Waals surface area contributed by atoms with Crippen molar-refractivity contribution in [3.8, 4) is 5.88 Å². The molecule has 0 saturated heterocycles. The quantitative estimate of drug-likeness (QED) is 0.793. The number of rotatable bonds is 7. The Morgan fingerprint density at radius 2 is 2.17 bits per heavy atom. The number of nitrogens with zero attached hydrogens (tertiary/aromatic N) is 3. The first kappa shape index (κ1) is 14.2. The standard InChI is InChI=1S/C12H19N3O3/c1-4-6-15(7-10(16)17)11-9(3)12(18-5-2)14-8-13-11/h8H,4-7H2,1-3H3,(H,16,17). The summed E-state index contributed by atoms with van der Waals surface area (Å²) < 4.78 is 5.39. The third kappa shape index (κ3) is 3.58. The van der Waals surface area contributed by atoms with Crippen molar-refractivity contribution in [2.24, 2.45) is 0 Å². The summed E-state index contributed by atoms with van der Waals surface area (Å²) >= 11 is 0. The van der Waals surface area contributed by atoms with Gasteiger partial charge in [0.1, 0.15) is 18.7 Å². The molecule has 0 atom stereocenters. The Labute approximate surface area is 107 Å². The van der Waals surface area contributed by atoms with Crippen LogP contribution in [0.1, 0.15) is 25.8 Å². The second-order valence-electron chi connectivity index (χ2n) is 3.88. The number of hydrogen-bond acceptors (Lipinski definition) is 5. The van der Waals surface area contributed by atoms with Crippen LogP contribution in [0.3, 0.4) is 0 Å². The topological polar surface area (TPSA) is 75.6 Å².